The topological polar surface area (TPSA) is 12.5 Å². The number of fused-ring (bicyclic) bond motifs is 1. The molecule has 0 aliphatic carbocycles. The van der Waals surface area contributed by atoms with Gasteiger partial charge in [0, 0.05) is 28.4 Å². The molecule has 2 rings (SSSR count). The number of ether oxygens (including phenoxy) is 1. The number of hydrogen-bond acceptors (Lipinski definition) is 2. The van der Waals surface area contributed by atoms with E-state index in [9.17, 15) is 0 Å². The fourth-order valence-electron chi connectivity index (χ4n) is 2.23. The van der Waals surface area contributed by atoms with Crippen molar-refractivity contribution >= 4 is 27.5 Å². The third-order valence-corrected chi connectivity index (χ3v) is 3.85. The first-order chi connectivity index (χ1) is 8.56. The summed E-state index contributed by atoms with van der Waals surface area (Å²) in [7, 11) is 2.14. The van der Waals surface area contributed by atoms with E-state index >= 15 is 0 Å². The molecular formula is C14H19BrClNO. The van der Waals surface area contributed by atoms with Crippen LogP contribution < -0.4 is 4.74 Å². The van der Waals surface area contributed by atoms with E-state index < -0.39 is 0 Å². The first-order valence-electron chi connectivity index (χ1n) is 6.33. The van der Waals surface area contributed by atoms with Crippen molar-refractivity contribution in [3.05, 3.63) is 28.3 Å². The van der Waals surface area contributed by atoms with Gasteiger partial charge >= 0.3 is 0 Å². The van der Waals surface area contributed by atoms with Crippen LogP contribution in [0.2, 0.25) is 5.02 Å². The van der Waals surface area contributed by atoms with Gasteiger partial charge in [-0.15, -0.1) is 0 Å². The Balaban J connectivity index is 2.05. The molecule has 1 aromatic rings. The van der Waals surface area contributed by atoms with Gasteiger partial charge in [-0.3, -0.25) is 0 Å². The van der Waals surface area contributed by atoms with E-state index in [0.29, 0.717) is 4.83 Å². The predicted molar refractivity (Wildman–Crippen MR) is 80.0 cm³/mol. The van der Waals surface area contributed by atoms with Gasteiger partial charge in [-0.25, -0.2) is 0 Å². The molecule has 1 aliphatic heterocycles. The molecule has 0 N–H and O–H groups in total. The number of halogens is 2. The van der Waals surface area contributed by atoms with Gasteiger partial charge in [0.1, 0.15) is 5.75 Å². The molecule has 1 atom stereocenters. The van der Waals surface area contributed by atoms with Crippen molar-refractivity contribution in [1.29, 1.82) is 0 Å². The Morgan fingerprint density at radius 1 is 1.50 bits per heavy atom. The highest BCUT2D eigenvalue weighted by atomic mass is 79.9. The van der Waals surface area contributed by atoms with E-state index in [4.69, 9.17) is 16.3 Å². The number of benzene rings is 1. The van der Waals surface area contributed by atoms with E-state index in [2.05, 4.69) is 34.8 Å². The maximum Gasteiger partial charge on any atom is 0.127 e. The van der Waals surface area contributed by atoms with E-state index in [1.165, 1.54) is 11.1 Å². The highest BCUT2D eigenvalue weighted by Gasteiger charge is 2.18. The van der Waals surface area contributed by atoms with Crippen molar-refractivity contribution < 1.29 is 4.74 Å². The quantitative estimate of drug-likeness (QED) is 0.759. The van der Waals surface area contributed by atoms with Gasteiger partial charge in [0.05, 0.1) is 6.61 Å². The molecular weight excluding hydrogens is 314 g/mol. The number of alkyl halides is 1. The zero-order valence-corrected chi connectivity index (χ0v) is 13.2. The monoisotopic (exact) mass is 331 g/mol. The summed E-state index contributed by atoms with van der Waals surface area (Å²) in [6, 6.07) is 4.05. The zero-order valence-electron chi connectivity index (χ0n) is 10.9. The molecule has 0 saturated heterocycles. The maximum atomic E-state index is 6.16. The summed E-state index contributed by atoms with van der Waals surface area (Å²) in [4.78, 5) is 2.87. The van der Waals surface area contributed by atoms with Gasteiger partial charge in [-0.2, -0.15) is 0 Å². The Hall–Kier alpha value is -0.250. The zero-order chi connectivity index (χ0) is 13.1. The van der Waals surface area contributed by atoms with Gasteiger partial charge < -0.3 is 9.64 Å². The Labute approximate surface area is 122 Å². The third kappa shape index (κ3) is 3.62. The highest BCUT2D eigenvalue weighted by molar-refractivity contribution is 9.09. The SMILES string of the molecule is CC(Br)CCN(C)Cc1cc(Cl)cc2c1OCC2. The van der Waals surface area contributed by atoms with E-state index in [1.54, 1.807) is 0 Å². The first-order valence-corrected chi connectivity index (χ1v) is 7.62. The maximum absolute atomic E-state index is 6.16. The van der Waals surface area contributed by atoms with Crippen LogP contribution in [0.1, 0.15) is 24.5 Å². The van der Waals surface area contributed by atoms with Crippen molar-refractivity contribution in [1.82, 2.24) is 4.90 Å². The molecule has 0 fully saturated rings. The number of rotatable bonds is 5. The minimum absolute atomic E-state index is 0.557. The summed E-state index contributed by atoms with van der Waals surface area (Å²) in [6.07, 6.45) is 2.12. The van der Waals surface area contributed by atoms with E-state index in [0.717, 1.165) is 43.3 Å². The molecule has 1 aromatic carbocycles. The van der Waals surface area contributed by atoms with Crippen molar-refractivity contribution in [2.75, 3.05) is 20.2 Å². The average molecular weight is 333 g/mol. The molecule has 0 spiro atoms. The minimum Gasteiger partial charge on any atom is -0.493 e. The summed E-state index contributed by atoms with van der Waals surface area (Å²) in [6.45, 7) is 4.91. The molecule has 0 radical (unpaired) electrons. The standard InChI is InChI=1S/C14H19BrClNO/c1-10(15)3-5-17(2)9-12-8-13(16)7-11-4-6-18-14(11)12/h7-8,10H,3-6,9H2,1-2H3. The summed E-state index contributed by atoms with van der Waals surface area (Å²) >= 11 is 9.74. The molecule has 0 amide bonds. The van der Waals surface area contributed by atoms with Gasteiger partial charge in [-0.1, -0.05) is 34.5 Å². The van der Waals surface area contributed by atoms with Crippen LogP contribution in [0, 0.1) is 0 Å². The van der Waals surface area contributed by atoms with Crippen LogP contribution in [-0.4, -0.2) is 29.9 Å². The molecule has 100 valence electrons. The Morgan fingerprint density at radius 2 is 2.28 bits per heavy atom. The van der Waals surface area contributed by atoms with Gasteiger partial charge in [0.15, 0.2) is 0 Å². The lowest BCUT2D eigenvalue weighted by atomic mass is 10.1. The van der Waals surface area contributed by atoms with Crippen molar-refractivity contribution in [2.24, 2.45) is 0 Å². The molecule has 18 heavy (non-hydrogen) atoms. The van der Waals surface area contributed by atoms with E-state index in [1.807, 2.05) is 12.1 Å². The summed E-state index contributed by atoms with van der Waals surface area (Å²) < 4.78 is 5.72. The Morgan fingerprint density at radius 3 is 3.00 bits per heavy atom. The van der Waals surface area contributed by atoms with Crippen LogP contribution >= 0.6 is 27.5 Å². The lowest BCUT2D eigenvalue weighted by molar-refractivity contribution is 0.307. The van der Waals surface area contributed by atoms with Crippen molar-refractivity contribution in [3.8, 4) is 5.75 Å². The van der Waals surface area contributed by atoms with Gasteiger partial charge in [0.25, 0.3) is 0 Å². The van der Waals surface area contributed by atoms with Crippen LogP contribution in [0.5, 0.6) is 5.75 Å². The number of nitrogens with zero attached hydrogens (tertiary/aromatic N) is 1. The molecule has 0 aromatic heterocycles. The van der Waals surface area contributed by atoms with Crippen molar-refractivity contribution in [2.45, 2.75) is 31.1 Å². The normalized spacial score (nSPS) is 15.6. The van der Waals surface area contributed by atoms with Crippen LogP contribution in [0.15, 0.2) is 12.1 Å². The van der Waals surface area contributed by atoms with E-state index in [-0.39, 0.29) is 0 Å². The summed E-state index contributed by atoms with van der Waals surface area (Å²) in [5.74, 6) is 1.05. The molecule has 1 aliphatic rings. The lowest BCUT2D eigenvalue weighted by Gasteiger charge is -2.19. The largest absolute Gasteiger partial charge is 0.493 e. The fourth-order valence-corrected chi connectivity index (χ4v) is 2.70. The molecule has 0 saturated carbocycles. The van der Waals surface area contributed by atoms with Crippen molar-refractivity contribution in [3.63, 3.8) is 0 Å². The van der Waals surface area contributed by atoms with Gasteiger partial charge in [0.2, 0.25) is 0 Å². The van der Waals surface area contributed by atoms with Crippen LogP contribution in [0.25, 0.3) is 0 Å². The summed E-state index contributed by atoms with van der Waals surface area (Å²) in [5.41, 5.74) is 2.46. The van der Waals surface area contributed by atoms with Crippen LogP contribution in [0.3, 0.4) is 0 Å². The van der Waals surface area contributed by atoms with Gasteiger partial charge in [-0.05, 0) is 37.7 Å². The third-order valence-electron chi connectivity index (χ3n) is 3.17. The second-order valence-corrected chi connectivity index (χ2v) is 6.96. The molecule has 0 bridgehead atoms. The fraction of sp³-hybridized carbons (Fsp3) is 0.571. The number of hydrogen-bond donors (Lipinski definition) is 0. The lowest BCUT2D eigenvalue weighted by Crippen LogP contribution is -2.21. The second-order valence-electron chi connectivity index (χ2n) is 4.96. The molecule has 1 unspecified atom stereocenters. The smallest absolute Gasteiger partial charge is 0.127 e. The van der Waals surface area contributed by atoms with Crippen LogP contribution in [0.4, 0.5) is 0 Å². The average Bonchev–Trinajstić information content (AvgIpc) is 2.74. The highest BCUT2D eigenvalue weighted by Crippen LogP contribution is 2.33. The summed E-state index contributed by atoms with van der Waals surface area (Å²) in [5, 5.41) is 0.816. The Bertz CT molecular complexity index is 423. The second kappa shape index (κ2) is 6.27. The Kier molecular flexibility index (Phi) is 4.93. The molecule has 1 heterocycles. The predicted octanol–water partition coefficient (Wildman–Crippen LogP) is 3.88. The molecule has 2 nitrogen and oxygen atoms in total. The minimum atomic E-state index is 0.557. The first kappa shape index (κ1) is 14.2. The van der Waals surface area contributed by atoms with Crippen LogP contribution in [-0.2, 0) is 13.0 Å². The molecule has 4 heteroatoms.